The number of carbonyl (C=O) groups excluding carboxylic acids is 3. The first kappa shape index (κ1) is 24.0. The molecule has 1 aliphatic heterocycles. The van der Waals surface area contributed by atoms with Gasteiger partial charge in [0.1, 0.15) is 10.8 Å². The number of esters is 1. The Labute approximate surface area is 213 Å². The zero-order valence-electron chi connectivity index (χ0n) is 20.0. The van der Waals surface area contributed by atoms with Gasteiger partial charge in [-0.15, -0.1) is 11.3 Å². The minimum Gasteiger partial charge on any atom is -0.483 e. The van der Waals surface area contributed by atoms with Crippen molar-refractivity contribution >= 4 is 34.1 Å². The van der Waals surface area contributed by atoms with Crippen LogP contribution in [0.15, 0.2) is 42.7 Å². The number of pyridine rings is 1. The van der Waals surface area contributed by atoms with Gasteiger partial charge < -0.3 is 19.7 Å². The van der Waals surface area contributed by atoms with Gasteiger partial charge >= 0.3 is 5.97 Å². The predicted molar refractivity (Wildman–Crippen MR) is 136 cm³/mol. The monoisotopic (exact) mass is 505 g/mol. The van der Waals surface area contributed by atoms with Gasteiger partial charge in [0.15, 0.2) is 6.61 Å². The summed E-state index contributed by atoms with van der Waals surface area (Å²) in [5.41, 5.74) is 3.82. The summed E-state index contributed by atoms with van der Waals surface area (Å²) < 4.78 is 11.1. The summed E-state index contributed by atoms with van der Waals surface area (Å²) in [4.78, 5) is 45.5. The smallest absolute Gasteiger partial charge is 0.341 e. The Balaban J connectivity index is 1.26. The number of nitrogens with zero attached hydrogens (tertiary/aromatic N) is 2. The number of carbonyl (C=O) groups is 3. The Hall–Kier alpha value is -3.72. The molecule has 36 heavy (non-hydrogen) atoms. The van der Waals surface area contributed by atoms with Crippen molar-refractivity contribution in [2.75, 3.05) is 25.1 Å². The Morgan fingerprint density at radius 2 is 2.03 bits per heavy atom. The van der Waals surface area contributed by atoms with Gasteiger partial charge in [-0.05, 0) is 61.9 Å². The molecule has 0 bridgehead atoms. The molecule has 0 saturated carbocycles. The summed E-state index contributed by atoms with van der Waals surface area (Å²) >= 11 is 1.43. The van der Waals surface area contributed by atoms with Crippen molar-refractivity contribution in [3.05, 3.63) is 75.4 Å². The number of thiophene rings is 1. The van der Waals surface area contributed by atoms with Gasteiger partial charge in [-0.1, -0.05) is 12.1 Å². The highest BCUT2D eigenvalue weighted by atomic mass is 32.1. The zero-order valence-corrected chi connectivity index (χ0v) is 20.9. The normalized spacial score (nSPS) is 14.2. The molecule has 2 aromatic heterocycles. The van der Waals surface area contributed by atoms with E-state index in [-0.39, 0.29) is 25.0 Å². The largest absolute Gasteiger partial charge is 0.483 e. The molecule has 0 atom stereocenters. The average molecular weight is 506 g/mol. The number of rotatable bonds is 8. The van der Waals surface area contributed by atoms with E-state index in [2.05, 4.69) is 10.3 Å². The molecule has 3 aromatic rings. The lowest BCUT2D eigenvalue weighted by Gasteiger charge is -2.29. The van der Waals surface area contributed by atoms with Crippen LogP contribution in [0.25, 0.3) is 0 Å². The van der Waals surface area contributed by atoms with Crippen molar-refractivity contribution in [3.8, 4) is 5.75 Å². The molecule has 0 spiro atoms. The molecule has 0 saturated heterocycles. The molecule has 1 aliphatic carbocycles. The molecule has 186 valence electrons. The quantitative estimate of drug-likeness (QED) is 0.465. The van der Waals surface area contributed by atoms with E-state index in [9.17, 15) is 14.4 Å². The lowest BCUT2D eigenvalue weighted by atomic mass is 9.97. The third-order valence-corrected chi connectivity index (χ3v) is 7.60. The van der Waals surface area contributed by atoms with E-state index in [1.165, 1.54) is 11.3 Å². The van der Waals surface area contributed by atoms with E-state index in [0.29, 0.717) is 41.4 Å². The topological polar surface area (TPSA) is 97.8 Å². The number of amides is 2. The lowest BCUT2D eigenvalue weighted by Crippen LogP contribution is -2.37. The van der Waals surface area contributed by atoms with E-state index >= 15 is 0 Å². The first-order valence-electron chi connectivity index (χ1n) is 12.1. The van der Waals surface area contributed by atoms with Gasteiger partial charge in [-0.3, -0.25) is 14.6 Å². The predicted octanol–water partition coefficient (Wildman–Crippen LogP) is 4.02. The zero-order chi connectivity index (χ0) is 25.1. The standard InChI is InChI=1S/C27H27N3O5S/c1-2-34-27(33)24-20-8-4-10-22(20)36-25(24)29-23(31)16-35-21-9-3-7-19-18(21)11-13-30(26(19)32)15-17-6-5-12-28-14-17/h3,5-7,9,12,14H,2,4,8,10-11,13,15-16H2,1H3,(H,29,31). The SMILES string of the molecule is CCOC(=O)c1c(NC(=O)COc2cccc3c2CCN(Cc2cccnc2)C3=O)sc2c1CCC2. The summed E-state index contributed by atoms with van der Waals surface area (Å²) in [7, 11) is 0. The fourth-order valence-electron chi connectivity index (χ4n) is 4.76. The van der Waals surface area contributed by atoms with Crippen LogP contribution in [-0.4, -0.2) is 47.4 Å². The summed E-state index contributed by atoms with van der Waals surface area (Å²) in [5.74, 6) is -0.309. The van der Waals surface area contributed by atoms with Crippen LogP contribution in [0.5, 0.6) is 5.75 Å². The number of benzene rings is 1. The maximum atomic E-state index is 13.1. The second kappa shape index (κ2) is 10.5. The van der Waals surface area contributed by atoms with Crippen LogP contribution in [0.4, 0.5) is 5.00 Å². The summed E-state index contributed by atoms with van der Waals surface area (Å²) in [6.07, 6.45) is 6.82. The summed E-state index contributed by atoms with van der Waals surface area (Å²) in [6.45, 7) is 2.86. The van der Waals surface area contributed by atoms with Crippen LogP contribution >= 0.6 is 11.3 Å². The van der Waals surface area contributed by atoms with Crippen molar-refractivity contribution in [1.82, 2.24) is 9.88 Å². The van der Waals surface area contributed by atoms with Crippen LogP contribution in [0.2, 0.25) is 0 Å². The van der Waals surface area contributed by atoms with Gasteiger partial charge in [-0.25, -0.2) is 4.79 Å². The Morgan fingerprint density at radius 3 is 2.83 bits per heavy atom. The molecule has 3 heterocycles. The molecule has 2 aliphatic rings. The van der Waals surface area contributed by atoms with Gasteiger partial charge in [0.05, 0.1) is 12.2 Å². The average Bonchev–Trinajstić information content (AvgIpc) is 3.46. The molecule has 1 N–H and O–H groups in total. The number of nitrogens with one attached hydrogen (secondary N) is 1. The molecular formula is C27H27N3O5S. The second-order valence-electron chi connectivity index (χ2n) is 8.74. The highest BCUT2D eigenvalue weighted by molar-refractivity contribution is 7.17. The van der Waals surface area contributed by atoms with Crippen molar-refractivity contribution in [2.45, 2.75) is 39.2 Å². The first-order valence-corrected chi connectivity index (χ1v) is 12.9. The molecule has 1 aromatic carbocycles. The number of anilines is 1. The van der Waals surface area contributed by atoms with Crippen molar-refractivity contribution in [3.63, 3.8) is 0 Å². The van der Waals surface area contributed by atoms with Crippen LogP contribution in [-0.2, 0) is 35.3 Å². The van der Waals surface area contributed by atoms with Crippen LogP contribution in [0.1, 0.15) is 55.6 Å². The maximum absolute atomic E-state index is 13.1. The molecule has 5 rings (SSSR count). The molecule has 9 heteroatoms. The van der Waals surface area contributed by atoms with Gasteiger partial charge in [0.25, 0.3) is 11.8 Å². The Kier molecular flexibility index (Phi) is 6.99. The number of hydrogen-bond acceptors (Lipinski definition) is 7. The van der Waals surface area contributed by atoms with Crippen molar-refractivity contribution < 1.29 is 23.9 Å². The Morgan fingerprint density at radius 1 is 1.14 bits per heavy atom. The number of fused-ring (bicyclic) bond motifs is 2. The van der Waals surface area contributed by atoms with E-state index in [1.807, 2.05) is 12.1 Å². The summed E-state index contributed by atoms with van der Waals surface area (Å²) in [5, 5.41) is 3.36. The molecule has 0 radical (unpaired) electrons. The molecular weight excluding hydrogens is 478 g/mol. The fraction of sp³-hybridized carbons (Fsp3) is 0.333. The minimum atomic E-state index is -0.403. The minimum absolute atomic E-state index is 0.0674. The third kappa shape index (κ3) is 4.83. The number of ether oxygens (including phenoxy) is 2. The molecule has 2 amide bonds. The van der Waals surface area contributed by atoms with Gasteiger partial charge in [0.2, 0.25) is 0 Å². The number of aryl methyl sites for hydroxylation is 1. The maximum Gasteiger partial charge on any atom is 0.341 e. The molecule has 0 unspecified atom stereocenters. The van der Waals surface area contributed by atoms with E-state index in [1.54, 1.807) is 42.4 Å². The van der Waals surface area contributed by atoms with E-state index in [4.69, 9.17) is 9.47 Å². The first-order chi connectivity index (χ1) is 17.5. The fourth-order valence-corrected chi connectivity index (χ4v) is 6.05. The van der Waals surface area contributed by atoms with Gasteiger partial charge in [-0.2, -0.15) is 0 Å². The second-order valence-corrected chi connectivity index (χ2v) is 9.84. The highest BCUT2D eigenvalue weighted by Gasteiger charge is 2.29. The molecule has 0 fully saturated rings. The third-order valence-electron chi connectivity index (χ3n) is 6.39. The van der Waals surface area contributed by atoms with Crippen molar-refractivity contribution in [1.29, 1.82) is 0 Å². The van der Waals surface area contributed by atoms with Crippen molar-refractivity contribution in [2.24, 2.45) is 0 Å². The van der Waals surface area contributed by atoms with E-state index in [0.717, 1.165) is 40.8 Å². The number of aromatic nitrogens is 1. The van der Waals surface area contributed by atoms with Crippen LogP contribution in [0.3, 0.4) is 0 Å². The van der Waals surface area contributed by atoms with Gasteiger partial charge in [0, 0.05) is 41.5 Å². The lowest BCUT2D eigenvalue weighted by molar-refractivity contribution is -0.118. The summed E-state index contributed by atoms with van der Waals surface area (Å²) in [6, 6.07) is 9.14. The number of hydrogen-bond donors (Lipinski definition) is 1. The molecule has 8 nitrogen and oxygen atoms in total. The highest BCUT2D eigenvalue weighted by Crippen LogP contribution is 2.39. The van der Waals surface area contributed by atoms with Crippen LogP contribution in [0, 0.1) is 0 Å². The Bertz CT molecular complexity index is 1300. The van der Waals surface area contributed by atoms with Crippen LogP contribution < -0.4 is 10.1 Å². The van der Waals surface area contributed by atoms with E-state index < -0.39 is 5.97 Å².